The van der Waals surface area contributed by atoms with E-state index in [-0.39, 0.29) is 37.5 Å². The van der Waals surface area contributed by atoms with Gasteiger partial charge in [0.25, 0.3) is 0 Å². The van der Waals surface area contributed by atoms with Gasteiger partial charge in [-0.2, -0.15) is 0 Å². The molecule has 0 saturated carbocycles. The summed E-state index contributed by atoms with van der Waals surface area (Å²) in [6.45, 7) is 6.48. The van der Waals surface area contributed by atoms with Crippen LogP contribution in [-0.2, 0) is 28.6 Å². The lowest BCUT2D eigenvalue weighted by molar-refractivity contribution is -0.166. The zero-order valence-corrected chi connectivity index (χ0v) is 49.6. The van der Waals surface area contributed by atoms with Gasteiger partial charge in [-0.15, -0.1) is 0 Å². The Morgan fingerprint density at radius 2 is 0.547 bits per heavy atom. The second kappa shape index (κ2) is 63.1. The van der Waals surface area contributed by atoms with Crippen molar-refractivity contribution in [3.8, 4) is 0 Å². The molecule has 0 radical (unpaired) electrons. The van der Waals surface area contributed by atoms with Crippen molar-refractivity contribution in [2.75, 3.05) is 13.2 Å². The molecule has 0 saturated heterocycles. The summed E-state index contributed by atoms with van der Waals surface area (Å²) in [4.78, 5) is 38.1. The molecular formula is C69H120O6. The van der Waals surface area contributed by atoms with E-state index in [4.69, 9.17) is 14.2 Å². The maximum atomic E-state index is 12.8. The van der Waals surface area contributed by atoms with E-state index in [1.807, 2.05) is 6.08 Å². The largest absolute Gasteiger partial charge is 0.462 e. The van der Waals surface area contributed by atoms with E-state index in [1.165, 1.54) is 193 Å². The lowest BCUT2D eigenvalue weighted by Gasteiger charge is -2.18. The molecule has 6 nitrogen and oxygen atoms in total. The molecule has 432 valence electrons. The third-order valence-corrected chi connectivity index (χ3v) is 13.9. The summed E-state index contributed by atoms with van der Waals surface area (Å²) >= 11 is 0. The predicted molar refractivity (Wildman–Crippen MR) is 325 cm³/mol. The summed E-state index contributed by atoms with van der Waals surface area (Å²) in [5.74, 6) is -0.973. The SMILES string of the molecule is CC/C=C\C/C=C\C/C=C\C/C=C\CCC(=O)OC(COC(=O)CCCCCCCCCCCCCCC)COC(=O)CCCCCCCCCCCCCCCCCC/C=C\C/C=C\C/C=C\CCCCCCC. The van der Waals surface area contributed by atoms with Crippen LogP contribution < -0.4 is 0 Å². The molecule has 0 bridgehead atoms. The number of hydrogen-bond donors (Lipinski definition) is 0. The zero-order chi connectivity index (χ0) is 54.3. The van der Waals surface area contributed by atoms with Gasteiger partial charge in [-0.1, -0.05) is 298 Å². The van der Waals surface area contributed by atoms with E-state index in [0.29, 0.717) is 19.3 Å². The number of carbonyl (C=O) groups is 3. The lowest BCUT2D eigenvalue weighted by atomic mass is 10.0. The molecule has 0 aromatic rings. The van der Waals surface area contributed by atoms with Crippen LogP contribution in [0.4, 0.5) is 0 Å². The van der Waals surface area contributed by atoms with Crippen LogP contribution in [0.5, 0.6) is 0 Å². The minimum Gasteiger partial charge on any atom is -0.462 e. The Balaban J connectivity index is 4.18. The average Bonchev–Trinajstić information content (AvgIpc) is 3.41. The average molecular weight is 1050 g/mol. The molecule has 0 amide bonds. The minimum atomic E-state index is -0.812. The number of allylic oxidation sites excluding steroid dienone is 14. The topological polar surface area (TPSA) is 78.9 Å². The third-order valence-electron chi connectivity index (χ3n) is 13.9. The van der Waals surface area contributed by atoms with Gasteiger partial charge >= 0.3 is 17.9 Å². The first kappa shape index (κ1) is 71.6. The van der Waals surface area contributed by atoms with Gasteiger partial charge in [-0.25, -0.2) is 0 Å². The van der Waals surface area contributed by atoms with Gasteiger partial charge in [-0.3, -0.25) is 14.4 Å². The van der Waals surface area contributed by atoms with Crippen molar-refractivity contribution < 1.29 is 28.6 Å². The molecule has 0 aromatic carbocycles. The van der Waals surface area contributed by atoms with Crippen molar-refractivity contribution in [2.45, 2.75) is 322 Å². The maximum absolute atomic E-state index is 12.8. The van der Waals surface area contributed by atoms with E-state index in [2.05, 4.69) is 99.8 Å². The van der Waals surface area contributed by atoms with Gasteiger partial charge in [-0.05, 0) is 83.5 Å². The van der Waals surface area contributed by atoms with Crippen LogP contribution in [0, 0.1) is 0 Å². The third kappa shape index (κ3) is 61.3. The molecule has 75 heavy (non-hydrogen) atoms. The van der Waals surface area contributed by atoms with E-state index in [9.17, 15) is 14.4 Å². The van der Waals surface area contributed by atoms with Crippen molar-refractivity contribution in [2.24, 2.45) is 0 Å². The van der Waals surface area contributed by atoms with E-state index in [1.54, 1.807) is 0 Å². The first-order valence-corrected chi connectivity index (χ1v) is 32.1. The van der Waals surface area contributed by atoms with E-state index < -0.39 is 6.10 Å². The molecule has 0 rings (SSSR count). The predicted octanol–water partition coefficient (Wildman–Crippen LogP) is 21.9. The van der Waals surface area contributed by atoms with Crippen LogP contribution in [0.25, 0.3) is 0 Å². The summed E-state index contributed by atoms with van der Waals surface area (Å²) < 4.78 is 16.8. The quantitative estimate of drug-likeness (QED) is 0.0261. The molecule has 0 aromatic heterocycles. The van der Waals surface area contributed by atoms with Crippen molar-refractivity contribution in [1.29, 1.82) is 0 Å². The monoisotopic (exact) mass is 1040 g/mol. The van der Waals surface area contributed by atoms with Crippen LogP contribution in [0.15, 0.2) is 85.1 Å². The molecule has 0 aliphatic carbocycles. The Kier molecular flexibility index (Phi) is 60.3. The van der Waals surface area contributed by atoms with Crippen LogP contribution in [0.2, 0.25) is 0 Å². The Morgan fingerprint density at radius 1 is 0.280 bits per heavy atom. The molecule has 0 aliphatic heterocycles. The summed E-state index contributed by atoms with van der Waals surface area (Å²) in [7, 11) is 0. The summed E-state index contributed by atoms with van der Waals surface area (Å²) in [6, 6.07) is 0. The van der Waals surface area contributed by atoms with Crippen molar-refractivity contribution in [1.82, 2.24) is 0 Å². The number of hydrogen-bond acceptors (Lipinski definition) is 6. The van der Waals surface area contributed by atoms with Crippen LogP contribution in [0.3, 0.4) is 0 Å². The number of ether oxygens (including phenoxy) is 3. The number of esters is 3. The highest BCUT2D eigenvalue weighted by Gasteiger charge is 2.19. The molecule has 0 spiro atoms. The minimum absolute atomic E-state index is 0.101. The van der Waals surface area contributed by atoms with E-state index >= 15 is 0 Å². The van der Waals surface area contributed by atoms with Gasteiger partial charge in [0.2, 0.25) is 0 Å². The molecule has 0 heterocycles. The zero-order valence-electron chi connectivity index (χ0n) is 49.6. The molecule has 1 atom stereocenters. The highest BCUT2D eigenvalue weighted by Crippen LogP contribution is 2.17. The standard InChI is InChI=1S/C69H120O6/c1-4-7-10-13-16-19-22-25-26-27-28-29-30-31-32-33-34-35-36-37-38-39-40-41-42-45-47-50-53-56-59-62-68(71)74-65-66(75-69(72)63-60-57-54-51-48-44-24-21-18-15-12-9-6-3)64-73-67(70)61-58-55-52-49-46-43-23-20-17-14-11-8-5-2/h9,12,18,21-22,25,27-28,30-31,44,48,54,57,66H,4-8,10-11,13-17,19-20,23-24,26,29,32-43,45-47,49-53,55-56,58-65H2,1-3H3/b12-9-,21-18-,25-22-,28-27-,31-30-,48-44-,57-54-. The van der Waals surface area contributed by atoms with Crippen molar-refractivity contribution >= 4 is 17.9 Å². The summed E-state index contributed by atoms with van der Waals surface area (Å²) in [6.07, 6.45) is 83.4. The van der Waals surface area contributed by atoms with Crippen molar-refractivity contribution in [3.05, 3.63) is 85.1 Å². The van der Waals surface area contributed by atoms with Crippen LogP contribution in [0.1, 0.15) is 316 Å². The lowest BCUT2D eigenvalue weighted by Crippen LogP contribution is -2.30. The fourth-order valence-electron chi connectivity index (χ4n) is 9.11. The number of rotatable bonds is 58. The smallest absolute Gasteiger partial charge is 0.306 e. The Labute approximate surface area is 465 Å². The fourth-order valence-corrected chi connectivity index (χ4v) is 9.11. The fraction of sp³-hybridized carbons (Fsp3) is 0.754. The maximum Gasteiger partial charge on any atom is 0.306 e. The molecule has 0 aliphatic rings. The first-order valence-electron chi connectivity index (χ1n) is 32.1. The van der Waals surface area contributed by atoms with Crippen LogP contribution >= 0.6 is 0 Å². The van der Waals surface area contributed by atoms with E-state index in [0.717, 1.165) is 77.0 Å². The molecule has 6 heteroatoms. The highest BCUT2D eigenvalue weighted by molar-refractivity contribution is 5.71. The van der Waals surface area contributed by atoms with Gasteiger partial charge in [0, 0.05) is 19.3 Å². The second-order valence-corrected chi connectivity index (χ2v) is 21.3. The molecule has 1 unspecified atom stereocenters. The van der Waals surface area contributed by atoms with Gasteiger partial charge in [0.1, 0.15) is 13.2 Å². The van der Waals surface area contributed by atoms with Crippen molar-refractivity contribution in [3.63, 3.8) is 0 Å². The first-order chi connectivity index (χ1) is 37.0. The van der Waals surface area contributed by atoms with Gasteiger partial charge in [0.05, 0.1) is 0 Å². The Hall–Kier alpha value is -3.41. The molecule has 0 N–H and O–H groups in total. The Morgan fingerprint density at radius 3 is 0.867 bits per heavy atom. The number of carbonyl (C=O) groups excluding carboxylic acids is 3. The normalized spacial score (nSPS) is 12.6. The number of unbranched alkanes of at least 4 members (excludes halogenated alkanes) is 33. The molecular weight excluding hydrogens is 925 g/mol. The Bertz CT molecular complexity index is 1430. The molecule has 0 fully saturated rings. The van der Waals surface area contributed by atoms with Gasteiger partial charge < -0.3 is 14.2 Å². The van der Waals surface area contributed by atoms with Crippen LogP contribution in [-0.4, -0.2) is 37.2 Å². The highest BCUT2D eigenvalue weighted by atomic mass is 16.6. The summed E-state index contributed by atoms with van der Waals surface area (Å²) in [5.41, 5.74) is 0. The second-order valence-electron chi connectivity index (χ2n) is 21.3. The summed E-state index contributed by atoms with van der Waals surface area (Å²) in [5, 5.41) is 0. The van der Waals surface area contributed by atoms with Gasteiger partial charge in [0.15, 0.2) is 6.10 Å².